The van der Waals surface area contributed by atoms with Crippen molar-refractivity contribution in [1.82, 2.24) is 14.9 Å². The molecule has 0 spiro atoms. The van der Waals surface area contributed by atoms with Crippen molar-refractivity contribution in [2.45, 2.75) is 51.5 Å². The standard InChI is InChI=1S/C14H29N3O3S.ClH/c1-3-21(19,20)17(2)12-14(18)16-11-10-15-13-8-6-4-5-7-9-13;/h13,15H,3-12H2,1-2H3,(H,16,18);1H. The smallest absolute Gasteiger partial charge is 0.235 e. The van der Waals surface area contributed by atoms with Crippen LogP contribution in [0.1, 0.15) is 45.4 Å². The summed E-state index contributed by atoms with van der Waals surface area (Å²) in [4.78, 5) is 11.7. The molecule has 0 aromatic rings. The lowest BCUT2D eigenvalue weighted by molar-refractivity contribution is -0.121. The molecule has 22 heavy (non-hydrogen) atoms. The van der Waals surface area contributed by atoms with Gasteiger partial charge >= 0.3 is 0 Å². The number of hydrogen-bond donors (Lipinski definition) is 2. The first-order valence-electron chi connectivity index (χ1n) is 7.90. The lowest BCUT2D eigenvalue weighted by Gasteiger charge is -2.17. The molecule has 1 saturated carbocycles. The highest BCUT2D eigenvalue weighted by Crippen LogP contribution is 2.16. The number of nitrogens with one attached hydrogen (secondary N) is 2. The number of nitrogens with zero attached hydrogens (tertiary/aromatic N) is 1. The lowest BCUT2D eigenvalue weighted by atomic mass is 10.1. The van der Waals surface area contributed by atoms with Crippen LogP contribution in [-0.4, -0.2) is 57.1 Å². The fourth-order valence-electron chi connectivity index (χ4n) is 2.54. The van der Waals surface area contributed by atoms with Gasteiger partial charge in [0, 0.05) is 26.2 Å². The monoisotopic (exact) mass is 355 g/mol. The van der Waals surface area contributed by atoms with Gasteiger partial charge in [0.15, 0.2) is 0 Å². The van der Waals surface area contributed by atoms with E-state index in [1.807, 2.05) is 0 Å². The van der Waals surface area contributed by atoms with Gasteiger partial charge in [-0.25, -0.2) is 8.42 Å². The van der Waals surface area contributed by atoms with Gasteiger partial charge in [-0.1, -0.05) is 25.7 Å². The van der Waals surface area contributed by atoms with Crippen LogP contribution in [0.25, 0.3) is 0 Å². The molecule has 1 fully saturated rings. The van der Waals surface area contributed by atoms with Crippen molar-refractivity contribution in [2.24, 2.45) is 0 Å². The van der Waals surface area contributed by atoms with Crippen LogP contribution in [-0.2, 0) is 14.8 Å². The first-order valence-corrected chi connectivity index (χ1v) is 9.50. The van der Waals surface area contributed by atoms with Crippen LogP contribution in [0.5, 0.6) is 0 Å². The maximum atomic E-state index is 11.7. The largest absolute Gasteiger partial charge is 0.354 e. The minimum atomic E-state index is -3.29. The number of halogens is 1. The second kappa shape index (κ2) is 11.2. The third-order valence-corrected chi connectivity index (χ3v) is 5.75. The molecule has 132 valence electrons. The Balaban J connectivity index is 0.00000441. The summed E-state index contributed by atoms with van der Waals surface area (Å²) >= 11 is 0. The van der Waals surface area contributed by atoms with Gasteiger partial charge in [0.25, 0.3) is 0 Å². The quantitative estimate of drug-likeness (QED) is 0.505. The highest BCUT2D eigenvalue weighted by molar-refractivity contribution is 7.89. The number of sulfonamides is 1. The van der Waals surface area contributed by atoms with Gasteiger partial charge in [0.05, 0.1) is 12.3 Å². The van der Waals surface area contributed by atoms with Crippen molar-refractivity contribution in [3.8, 4) is 0 Å². The van der Waals surface area contributed by atoms with E-state index in [1.165, 1.54) is 45.6 Å². The number of rotatable bonds is 8. The number of likely N-dealkylation sites (N-methyl/N-ethyl adjacent to an activating group) is 1. The summed E-state index contributed by atoms with van der Waals surface area (Å²) in [5, 5.41) is 6.22. The first-order chi connectivity index (χ1) is 9.95. The summed E-state index contributed by atoms with van der Waals surface area (Å²) in [6, 6.07) is 0.563. The Morgan fingerprint density at radius 3 is 2.27 bits per heavy atom. The predicted octanol–water partition coefficient (Wildman–Crippen LogP) is 1.12. The SMILES string of the molecule is CCS(=O)(=O)N(C)CC(=O)NCCNC1CCCCCC1.Cl. The molecule has 0 aromatic carbocycles. The molecule has 0 saturated heterocycles. The Kier molecular flexibility index (Phi) is 11.0. The van der Waals surface area contributed by atoms with Crippen molar-refractivity contribution >= 4 is 28.3 Å². The summed E-state index contributed by atoms with van der Waals surface area (Å²) in [6.45, 7) is 2.73. The third kappa shape index (κ3) is 8.31. The van der Waals surface area contributed by atoms with E-state index in [9.17, 15) is 13.2 Å². The molecule has 1 rings (SSSR count). The predicted molar refractivity (Wildman–Crippen MR) is 91.8 cm³/mol. The van der Waals surface area contributed by atoms with Crippen LogP contribution in [0, 0.1) is 0 Å². The van der Waals surface area contributed by atoms with E-state index in [0.717, 1.165) is 10.8 Å². The van der Waals surface area contributed by atoms with Gasteiger partial charge in [-0.3, -0.25) is 4.79 Å². The Hall–Kier alpha value is -0.370. The Bertz CT molecular complexity index is 410. The van der Waals surface area contributed by atoms with Crippen molar-refractivity contribution in [3.05, 3.63) is 0 Å². The second-order valence-electron chi connectivity index (χ2n) is 5.65. The van der Waals surface area contributed by atoms with E-state index in [1.54, 1.807) is 6.92 Å². The van der Waals surface area contributed by atoms with Crippen LogP contribution in [0.2, 0.25) is 0 Å². The Morgan fingerprint density at radius 1 is 1.14 bits per heavy atom. The average molecular weight is 356 g/mol. The minimum Gasteiger partial charge on any atom is -0.354 e. The lowest BCUT2D eigenvalue weighted by Crippen LogP contribution is -2.42. The molecule has 0 heterocycles. The highest BCUT2D eigenvalue weighted by Gasteiger charge is 2.18. The molecule has 0 atom stereocenters. The maximum absolute atomic E-state index is 11.7. The first kappa shape index (κ1) is 21.6. The molecule has 1 aliphatic rings. The Labute approximate surface area is 140 Å². The summed E-state index contributed by atoms with van der Waals surface area (Å²) in [5.41, 5.74) is 0. The molecule has 0 aliphatic heterocycles. The Morgan fingerprint density at radius 2 is 1.73 bits per heavy atom. The van der Waals surface area contributed by atoms with Gasteiger partial charge in [0.2, 0.25) is 15.9 Å². The number of carbonyl (C=O) groups excluding carboxylic acids is 1. The van der Waals surface area contributed by atoms with Gasteiger partial charge in [-0.15, -0.1) is 12.4 Å². The summed E-state index contributed by atoms with van der Waals surface area (Å²) < 4.78 is 24.2. The van der Waals surface area contributed by atoms with Crippen LogP contribution in [0.15, 0.2) is 0 Å². The summed E-state index contributed by atoms with van der Waals surface area (Å²) in [5.74, 6) is -0.239. The van der Waals surface area contributed by atoms with E-state index in [-0.39, 0.29) is 30.6 Å². The molecule has 8 heteroatoms. The van der Waals surface area contributed by atoms with Crippen molar-refractivity contribution in [1.29, 1.82) is 0 Å². The van der Waals surface area contributed by atoms with Crippen molar-refractivity contribution in [2.75, 3.05) is 32.4 Å². The zero-order chi connectivity index (χ0) is 15.7. The fraction of sp³-hybridized carbons (Fsp3) is 0.929. The zero-order valence-corrected chi connectivity index (χ0v) is 15.3. The third-order valence-electron chi connectivity index (χ3n) is 3.94. The summed E-state index contributed by atoms with van der Waals surface area (Å²) in [7, 11) is -1.86. The van der Waals surface area contributed by atoms with E-state index in [4.69, 9.17) is 0 Å². The molecule has 0 bridgehead atoms. The van der Waals surface area contributed by atoms with E-state index in [2.05, 4.69) is 10.6 Å². The maximum Gasteiger partial charge on any atom is 0.235 e. The molecule has 0 unspecified atom stereocenters. The average Bonchev–Trinajstić information content (AvgIpc) is 2.72. The van der Waals surface area contributed by atoms with Gasteiger partial charge in [0.1, 0.15) is 0 Å². The van der Waals surface area contributed by atoms with Gasteiger partial charge < -0.3 is 10.6 Å². The molecular weight excluding hydrogens is 326 g/mol. The fourth-order valence-corrected chi connectivity index (χ4v) is 3.29. The molecule has 6 nitrogen and oxygen atoms in total. The van der Waals surface area contributed by atoms with E-state index < -0.39 is 10.0 Å². The van der Waals surface area contributed by atoms with Crippen LogP contribution < -0.4 is 10.6 Å². The normalized spacial score (nSPS) is 16.9. The van der Waals surface area contributed by atoms with Crippen molar-refractivity contribution in [3.63, 3.8) is 0 Å². The topological polar surface area (TPSA) is 78.5 Å². The number of carbonyl (C=O) groups is 1. The molecule has 0 radical (unpaired) electrons. The highest BCUT2D eigenvalue weighted by atomic mass is 35.5. The van der Waals surface area contributed by atoms with Crippen LogP contribution >= 0.6 is 12.4 Å². The molecular formula is C14H30ClN3O3S. The minimum absolute atomic E-state index is 0. The second-order valence-corrected chi connectivity index (χ2v) is 8.01. The molecule has 1 amide bonds. The summed E-state index contributed by atoms with van der Waals surface area (Å²) in [6.07, 6.45) is 7.64. The van der Waals surface area contributed by atoms with Crippen LogP contribution in [0.3, 0.4) is 0 Å². The zero-order valence-electron chi connectivity index (χ0n) is 13.6. The van der Waals surface area contributed by atoms with E-state index >= 15 is 0 Å². The number of hydrogen-bond acceptors (Lipinski definition) is 4. The van der Waals surface area contributed by atoms with Gasteiger partial charge in [-0.2, -0.15) is 4.31 Å². The molecule has 2 N–H and O–H groups in total. The van der Waals surface area contributed by atoms with Crippen molar-refractivity contribution < 1.29 is 13.2 Å². The number of amides is 1. The van der Waals surface area contributed by atoms with Gasteiger partial charge in [-0.05, 0) is 19.8 Å². The van der Waals surface area contributed by atoms with E-state index in [0.29, 0.717) is 12.6 Å². The molecule has 0 aromatic heterocycles. The van der Waals surface area contributed by atoms with Crippen LogP contribution in [0.4, 0.5) is 0 Å². The molecule has 1 aliphatic carbocycles.